The quantitative estimate of drug-likeness (QED) is 0.863. The number of hydrogen-bond donors (Lipinski definition) is 2. The molecule has 1 aromatic rings. The first-order valence-corrected chi connectivity index (χ1v) is 5.32. The predicted octanol–water partition coefficient (Wildman–Crippen LogP) is 1.83. The molecule has 0 saturated heterocycles. The SMILES string of the molecule is Cc1cc(Br)cnc1NC(=O)C(C)(C)N. The van der Waals surface area contributed by atoms with Crippen molar-refractivity contribution in [2.45, 2.75) is 26.3 Å². The van der Waals surface area contributed by atoms with Crippen molar-refractivity contribution in [3.05, 3.63) is 22.3 Å². The molecule has 1 heterocycles. The monoisotopic (exact) mass is 271 g/mol. The van der Waals surface area contributed by atoms with Crippen LogP contribution in [0.15, 0.2) is 16.7 Å². The Morgan fingerprint density at radius 3 is 2.67 bits per heavy atom. The van der Waals surface area contributed by atoms with Crippen LogP contribution in [-0.2, 0) is 4.79 Å². The van der Waals surface area contributed by atoms with Gasteiger partial charge in [0.05, 0.1) is 5.54 Å². The van der Waals surface area contributed by atoms with Gasteiger partial charge >= 0.3 is 0 Å². The second kappa shape index (κ2) is 4.28. The molecule has 0 aliphatic rings. The van der Waals surface area contributed by atoms with Crippen molar-refractivity contribution >= 4 is 27.7 Å². The first kappa shape index (κ1) is 12.1. The van der Waals surface area contributed by atoms with Crippen molar-refractivity contribution in [2.24, 2.45) is 5.73 Å². The van der Waals surface area contributed by atoms with E-state index in [9.17, 15) is 4.79 Å². The van der Waals surface area contributed by atoms with E-state index < -0.39 is 5.54 Å². The average Bonchev–Trinajstić information content (AvgIpc) is 2.08. The van der Waals surface area contributed by atoms with E-state index >= 15 is 0 Å². The van der Waals surface area contributed by atoms with Gasteiger partial charge in [0.2, 0.25) is 5.91 Å². The maximum Gasteiger partial charge on any atom is 0.245 e. The molecule has 0 saturated carbocycles. The number of aromatic nitrogens is 1. The topological polar surface area (TPSA) is 68.0 Å². The minimum atomic E-state index is -0.902. The maximum absolute atomic E-state index is 11.6. The molecule has 0 unspecified atom stereocenters. The number of halogens is 1. The zero-order chi connectivity index (χ0) is 11.6. The third kappa shape index (κ3) is 3.28. The van der Waals surface area contributed by atoms with Crippen molar-refractivity contribution in [3.63, 3.8) is 0 Å². The van der Waals surface area contributed by atoms with Crippen LogP contribution in [0.2, 0.25) is 0 Å². The van der Waals surface area contributed by atoms with Crippen LogP contribution >= 0.6 is 15.9 Å². The average molecular weight is 272 g/mol. The summed E-state index contributed by atoms with van der Waals surface area (Å²) in [5.74, 6) is 0.294. The van der Waals surface area contributed by atoms with Crippen LogP contribution in [0.4, 0.5) is 5.82 Å². The number of carbonyl (C=O) groups is 1. The number of pyridine rings is 1. The van der Waals surface area contributed by atoms with Crippen LogP contribution in [0.3, 0.4) is 0 Å². The van der Waals surface area contributed by atoms with E-state index in [0.717, 1.165) is 10.0 Å². The Bertz CT molecular complexity index is 385. The number of nitrogens with zero attached hydrogens (tertiary/aromatic N) is 1. The molecule has 0 aromatic carbocycles. The standard InChI is InChI=1S/C10H14BrN3O/c1-6-4-7(11)5-13-8(6)14-9(15)10(2,3)12/h4-5H,12H2,1-3H3,(H,13,14,15). The van der Waals surface area contributed by atoms with E-state index in [2.05, 4.69) is 26.2 Å². The molecule has 0 spiro atoms. The van der Waals surface area contributed by atoms with Crippen LogP contribution in [0, 0.1) is 6.92 Å². The van der Waals surface area contributed by atoms with Crippen LogP contribution < -0.4 is 11.1 Å². The molecule has 1 amide bonds. The molecule has 0 fully saturated rings. The van der Waals surface area contributed by atoms with E-state index in [0.29, 0.717) is 5.82 Å². The first-order chi connectivity index (χ1) is 6.80. The fourth-order valence-electron chi connectivity index (χ4n) is 0.940. The lowest BCUT2D eigenvalue weighted by Gasteiger charge is -2.18. The van der Waals surface area contributed by atoms with Gasteiger partial charge in [0.25, 0.3) is 0 Å². The van der Waals surface area contributed by atoms with E-state index in [1.165, 1.54) is 0 Å². The molecular weight excluding hydrogens is 258 g/mol. The van der Waals surface area contributed by atoms with Gasteiger partial charge in [-0.05, 0) is 48.3 Å². The molecule has 1 rings (SSSR count). The normalized spacial score (nSPS) is 11.3. The van der Waals surface area contributed by atoms with Gasteiger partial charge in [-0.3, -0.25) is 4.79 Å². The Morgan fingerprint density at radius 1 is 1.60 bits per heavy atom. The van der Waals surface area contributed by atoms with Crippen LogP contribution in [0.25, 0.3) is 0 Å². The number of anilines is 1. The highest BCUT2D eigenvalue weighted by Crippen LogP contribution is 2.17. The van der Waals surface area contributed by atoms with Gasteiger partial charge < -0.3 is 11.1 Å². The number of aryl methyl sites for hydroxylation is 1. The highest BCUT2D eigenvalue weighted by molar-refractivity contribution is 9.10. The summed E-state index contributed by atoms with van der Waals surface area (Å²) in [4.78, 5) is 15.7. The number of hydrogen-bond acceptors (Lipinski definition) is 3. The van der Waals surface area contributed by atoms with Gasteiger partial charge in [-0.25, -0.2) is 4.98 Å². The summed E-state index contributed by atoms with van der Waals surface area (Å²) in [6, 6.07) is 1.88. The molecule has 5 heteroatoms. The fourth-order valence-corrected chi connectivity index (χ4v) is 1.39. The smallest absolute Gasteiger partial charge is 0.245 e. The molecule has 0 aliphatic carbocycles. The van der Waals surface area contributed by atoms with Gasteiger partial charge in [0.15, 0.2) is 0 Å². The molecule has 82 valence electrons. The van der Waals surface area contributed by atoms with E-state index in [-0.39, 0.29) is 5.91 Å². The Hall–Kier alpha value is -0.940. The maximum atomic E-state index is 11.6. The molecular formula is C10H14BrN3O. The first-order valence-electron chi connectivity index (χ1n) is 4.53. The Labute approximate surface area is 97.4 Å². The van der Waals surface area contributed by atoms with Crippen molar-refractivity contribution in [1.82, 2.24) is 4.98 Å². The number of rotatable bonds is 2. The fraction of sp³-hybridized carbons (Fsp3) is 0.400. The summed E-state index contributed by atoms with van der Waals surface area (Å²) in [7, 11) is 0. The largest absolute Gasteiger partial charge is 0.318 e. The summed E-state index contributed by atoms with van der Waals surface area (Å²) in [6.07, 6.45) is 1.63. The van der Waals surface area contributed by atoms with Gasteiger partial charge in [-0.15, -0.1) is 0 Å². The lowest BCUT2D eigenvalue weighted by molar-refractivity contribution is -0.120. The van der Waals surface area contributed by atoms with Gasteiger partial charge in [-0.1, -0.05) is 0 Å². The number of carbonyl (C=O) groups excluding carboxylic acids is 1. The predicted molar refractivity (Wildman–Crippen MR) is 63.6 cm³/mol. The molecule has 0 atom stereocenters. The molecule has 15 heavy (non-hydrogen) atoms. The van der Waals surface area contributed by atoms with E-state index in [1.807, 2.05) is 13.0 Å². The number of nitrogens with one attached hydrogen (secondary N) is 1. The Morgan fingerprint density at radius 2 is 2.20 bits per heavy atom. The summed E-state index contributed by atoms with van der Waals surface area (Å²) >= 11 is 3.30. The molecule has 1 aromatic heterocycles. The molecule has 4 nitrogen and oxygen atoms in total. The number of amides is 1. The van der Waals surface area contributed by atoms with E-state index in [1.54, 1.807) is 20.0 Å². The minimum Gasteiger partial charge on any atom is -0.318 e. The number of nitrogens with two attached hydrogens (primary N) is 1. The highest BCUT2D eigenvalue weighted by atomic mass is 79.9. The molecule has 0 radical (unpaired) electrons. The summed E-state index contributed by atoms with van der Waals surface area (Å²) in [6.45, 7) is 5.17. The van der Waals surface area contributed by atoms with Crippen LogP contribution in [0.5, 0.6) is 0 Å². The molecule has 0 aliphatic heterocycles. The molecule has 0 bridgehead atoms. The lowest BCUT2D eigenvalue weighted by Crippen LogP contribution is -2.45. The van der Waals surface area contributed by atoms with Gasteiger partial charge in [0, 0.05) is 10.7 Å². The van der Waals surface area contributed by atoms with Crippen LogP contribution in [0.1, 0.15) is 19.4 Å². The zero-order valence-electron chi connectivity index (χ0n) is 8.97. The lowest BCUT2D eigenvalue weighted by atomic mass is 10.1. The van der Waals surface area contributed by atoms with Gasteiger partial charge in [0.1, 0.15) is 5.82 Å². The van der Waals surface area contributed by atoms with Crippen molar-refractivity contribution in [3.8, 4) is 0 Å². The second-order valence-corrected chi connectivity index (χ2v) is 4.91. The Balaban J connectivity index is 2.87. The highest BCUT2D eigenvalue weighted by Gasteiger charge is 2.22. The van der Waals surface area contributed by atoms with Crippen molar-refractivity contribution in [1.29, 1.82) is 0 Å². The van der Waals surface area contributed by atoms with Crippen molar-refractivity contribution in [2.75, 3.05) is 5.32 Å². The third-order valence-electron chi connectivity index (χ3n) is 1.86. The second-order valence-electron chi connectivity index (χ2n) is 3.99. The van der Waals surface area contributed by atoms with Gasteiger partial charge in [-0.2, -0.15) is 0 Å². The Kier molecular flexibility index (Phi) is 3.46. The summed E-state index contributed by atoms with van der Waals surface area (Å²) < 4.78 is 0.880. The zero-order valence-corrected chi connectivity index (χ0v) is 10.6. The van der Waals surface area contributed by atoms with E-state index in [4.69, 9.17) is 5.73 Å². The summed E-state index contributed by atoms with van der Waals surface area (Å²) in [5, 5.41) is 2.68. The third-order valence-corrected chi connectivity index (χ3v) is 2.30. The minimum absolute atomic E-state index is 0.250. The van der Waals surface area contributed by atoms with Crippen LogP contribution in [-0.4, -0.2) is 16.4 Å². The molecule has 3 N–H and O–H groups in total. The van der Waals surface area contributed by atoms with Crippen molar-refractivity contribution < 1.29 is 4.79 Å². The summed E-state index contributed by atoms with van der Waals surface area (Å²) in [5.41, 5.74) is 5.65.